The number of methoxy groups -OCH3 is 2. The molecule has 0 aliphatic carbocycles. The van der Waals surface area contributed by atoms with Gasteiger partial charge in [-0.15, -0.1) is 0 Å². The van der Waals surface area contributed by atoms with Gasteiger partial charge in [0.1, 0.15) is 34.3 Å². The Morgan fingerprint density at radius 3 is 1.85 bits per heavy atom. The molecule has 59 heavy (non-hydrogen) atoms. The maximum Gasteiger partial charge on any atom is 0.418 e. The zero-order valence-corrected chi connectivity index (χ0v) is 33.3. The van der Waals surface area contributed by atoms with Crippen molar-refractivity contribution in [3.63, 3.8) is 0 Å². The van der Waals surface area contributed by atoms with Crippen LogP contribution in [-0.2, 0) is 24.0 Å². The van der Waals surface area contributed by atoms with E-state index in [4.69, 9.17) is 25.8 Å². The summed E-state index contributed by atoms with van der Waals surface area (Å²) in [5, 5.41) is -1.41. The molecule has 9 nitrogen and oxygen atoms in total. The van der Waals surface area contributed by atoms with Crippen LogP contribution in [-0.4, -0.2) is 66.0 Å². The highest BCUT2D eigenvalue weighted by molar-refractivity contribution is 6.32. The molecule has 0 spiro atoms. The highest BCUT2D eigenvalue weighted by atomic mass is 35.5. The van der Waals surface area contributed by atoms with Crippen molar-refractivity contribution in [3.05, 3.63) is 106 Å². The molecule has 2 saturated heterocycles. The number of nitrogens with zero attached hydrogens (tertiary/aromatic N) is 5. The Labute approximate surface area is 340 Å². The molecule has 312 valence electrons. The van der Waals surface area contributed by atoms with Crippen LogP contribution in [0.4, 0.5) is 47.0 Å². The number of carbonyl (C=O) groups is 1. The van der Waals surface area contributed by atoms with E-state index < -0.39 is 86.4 Å². The van der Waals surface area contributed by atoms with Crippen LogP contribution in [0.3, 0.4) is 0 Å². The van der Waals surface area contributed by atoms with Gasteiger partial charge in [-0.2, -0.15) is 27.5 Å². The molecule has 7 rings (SSSR count). The number of alkyl halides is 3. The summed E-state index contributed by atoms with van der Waals surface area (Å²) in [5.74, 6) is -4.20. The quantitative estimate of drug-likeness (QED) is 0.107. The van der Waals surface area contributed by atoms with Crippen LogP contribution >= 0.6 is 11.6 Å². The monoisotopic (exact) mass is 845 g/mol. The lowest BCUT2D eigenvalue weighted by Crippen LogP contribution is -2.57. The molecule has 2 bridgehead atoms. The number of fused-ring (bicyclic) bond motifs is 3. The van der Waals surface area contributed by atoms with Gasteiger partial charge in [-0.3, -0.25) is 4.90 Å². The number of anilines is 2. The Morgan fingerprint density at radius 1 is 0.814 bits per heavy atom. The second-order valence-electron chi connectivity index (χ2n) is 15.4. The van der Waals surface area contributed by atoms with Crippen molar-refractivity contribution in [2.45, 2.75) is 70.6 Å². The molecule has 2 aliphatic rings. The number of carbonyl (C=O) groups excluding carboxylic acids is 1. The third-order valence-electron chi connectivity index (χ3n) is 10.4. The summed E-state index contributed by atoms with van der Waals surface area (Å²) in [7, 11) is 2.94. The number of ether oxygens (including phenoxy) is 3. The Bertz CT molecular complexity index is 2330. The number of amides is 1. The molecule has 0 saturated carbocycles. The standard InChI is InChI=1S/C42H39ClF7N5O4/c1-41(2,3)59-40(56)55-24-10-11-25(55)21-54(20-24)38-28-16-30(44)32(36(46)37(28)51-39(47)52-38)33-34(42(48,49)50)29(43)17-31(35(33)45)53(18-22-6-12-26(57-4)13-7-22)19-23-8-14-27(58-5)15-9-23/h6-9,12-17,24-25H,10-11,18-21H2,1-5H3/t24-,25+. The molecule has 0 radical (unpaired) electrons. The lowest BCUT2D eigenvalue weighted by Gasteiger charge is -2.42. The summed E-state index contributed by atoms with van der Waals surface area (Å²) >= 11 is 6.33. The van der Waals surface area contributed by atoms with E-state index in [9.17, 15) is 18.0 Å². The Kier molecular flexibility index (Phi) is 11.2. The Balaban J connectivity index is 1.35. The van der Waals surface area contributed by atoms with Gasteiger partial charge >= 0.3 is 18.3 Å². The third kappa shape index (κ3) is 8.36. The zero-order chi connectivity index (χ0) is 42.6. The van der Waals surface area contributed by atoms with Crippen molar-refractivity contribution in [1.29, 1.82) is 0 Å². The number of rotatable bonds is 9. The molecule has 0 N–H and O–H groups in total. The van der Waals surface area contributed by atoms with E-state index in [1.807, 2.05) is 0 Å². The van der Waals surface area contributed by atoms with Crippen LogP contribution in [0.25, 0.3) is 22.0 Å². The molecule has 4 aromatic carbocycles. The van der Waals surface area contributed by atoms with E-state index in [1.165, 1.54) is 19.1 Å². The minimum atomic E-state index is -5.41. The van der Waals surface area contributed by atoms with Crippen LogP contribution < -0.4 is 19.3 Å². The summed E-state index contributed by atoms with van der Waals surface area (Å²) in [6, 6.07) is 13.8. The molecule has 17 heteroatoms. The molecule has 2 fully saturated rings. The van der Waals surface area contributed by atoms with E-state index in [-0.39, 0.29) is 37.4 Å². The summed E-state index contributed by atoms with van der Waals surface area (Å²) in [6.45, 7) is 5.15. The topological polar surface area (TPSA) is 80.3 Å². The smallest absolute Gasteiger partial charge is 0.418 e. The maximum absolute atomic E-state index is 17.2. The second-order valence-corrected chi connectivity index (χ2v) is 15.8. The van der Waals surface area contributed by atoms with Gasteiger partial charge in [0.2, 0.25) is 0 Å². The van der Waals surface area contributed by atoms with Crippen molar-refractivity contribution >= 4 is 40.1 Å². The second kappa shape index (κ2) is 15.9. The number of hydrogen-bond acceptors (Lipinski definition) is 8. The van der Waals surface area contributed by atoms with E-state index in [0.29, 0.717) is 41.5 Å². The fourth-order valence-corrected chi connectivity index (χ4v) is 8.10. The predicted octanol–water partition coefficient (Wildman–Crippen LogP) is 10.3. The molecule has 5 aromatic rings. The van der Waals surface area contributed by atoms with Crippen molar-refractivity contribution in [2.24, 2.45) is 0 Å². The van der Waals surface area contributed by atoms with Gasteiger partial charge in [0.15, 0.2) is 11.6 Å². The summed E-state index contributed by atoms with van der Waals surface area (Å²) in [4.78, 5) is 24.9. The molecule has 2 atom stereocenters. The Morgan fingerprint density at radius 2 is 1.36 bits per heavy atom. The number of halogens is 8. The Hall–Kier alpha value is -5.51. The highest BCUT2D eigenvalue weighted by Gasteiger charge is 2.46. The van der Waals surface area contributed by atoms with Crippen molar-refractivity contribution in [2.75, 3.05) is 37.1 Å². The lowest BCUT2D eigenvalue weighted by molar-refractivity contribution is -0.137. The van der Waals surface area contributed by atoms with Gasteiger partial charge in [0, 0.05) is 37.1 Å². The van der Waals surface area contributed by atoms with E-state index in [0.717, 1.165) is 6.07 Å². The average Bonchev–Trinajstić information content (AvgIpc) is 3.44. The minimum Gasteiger partial charge on any atom is -0.497 e. The van der Waals surface area contributed by atoms with Crippen molar-refractivity contribution < 1.29 is 49.7 Å². The van der Waals surface area contributed by atoms with Gasteiger partial charge in [0.25, 0.3) is 0 Å². The van der Waals surface area contributed by atoms with E-state index in [1.54, 1.807) is 79.1 Å². The van der Waals surface area contributed by atoms with Gasteiger partial charge in [-0.1, -0.05) is 35.9 Å². The summed E-state index contributed by atoms with van der Waals surface area (Å²) in [6.07, 6.45) is -6.29. The first-order chi connectivity index (χ1) is 27.9. The lowest BCUT2D eigenvalue weighted by atomic mass is 9.94. The molecular weight excluding hydrogens is 807 g/mol. The van der Waals surface area contributed by atoms with E-state index >= 15 is 17.6 Å². The first-order valence-corrected chi connectivity index (χ1v) is 19.0. The first-order valence-electron chi connectivity index (χ1n) is 18.6. The number of piperazine rings is 1. The molecule has 1 aromatic heterocycles. The van der Waals surface area contributed by atoms with Crippen LogP contribution in [0, 0.1) is 23.5 Å². The predicted molar refractivity (Wildman–Crippen MR) is 208 cm³/mol. The van der Waals surface area contributed by atoms with Crippen molar-refractivity contribution in [1.82, 2.24) is 14.9 Å². The number of benzene rings is 4. The number of aromatic nitrogens is 2. The fraction of sp³-hybridized carbons (Fsp3) is 0.357. The van der Waals surface area contributed by atoms with Gasteiger partial charge in [-0.25, -0.2) is 18.0 Å². The first kappa shape index (κ1) is 41.6. The molecule has 3 heterocycles. The fourth-order valence-electron chi connectivity index (χ4n) is 7.80. The molecule has 1 amide bonds. The minimum absolute atomic E-state index is 0.0784. The van der Waals surface area contributed by atoms with Gasteiger partial charge in [0.05, 0.1) is 48.1 Å². The number of hydrogen-bond donors (Lipinski definition) is 0. The summed E-state index contributed by atoms with van der Waals surface area (Å²) < 4.78 is 127. The molecule has 2 aliphatic heterocycles. The maximum atomic E-state index is 17.2. The van der Waals surface area contributed by atoms with Gasteiger partial charge < -0.3 is 24.0 Å². The van der Waals surface area contributed by atoms with E-state index in [2.05, 4.69) is 9.97 Å². The SMILES string of the molecule is COc1ccc(CN(Cc2ccc(OC)cc2)c2cc(Cl)c(C(F)(F)F)c(-c3c(F)cc4c(N5C[C@H]6CC[C@@H](C5)N6C(=O)OC(C)(C)C)nc(F)nc4c3F)c2F)cc1. The van der Waals surface area contributed by atoms with Crippen LogP contribution in [0.2, 0.25) is 5.02 Å². The zero-order valence-electron chi connectivity index (χ0n) is 32.6. The highest BCUT2D eigenvalue weighted by Crippen LogP contribution is 2.49. The third-order valence-corrected chi connectivity index (χ3v) is 10.7. The van der Waals surface area contributed by atoms with Crippen LogP contribution in [0.15, 0.2) is 60.7 Å². The molecule has 0 unspecified atom stereocenters. The summed E-state index contributed by atoms with van der Waals surface area (Å²) in [5.41, 5.74) is -5.79. The average molecular weight is 846 g/mol. The van der Waals surface area contributed by atoms with Gasteiger partial charge in [-0.05, 0) is 81.1 Å². The largest absolute Gasteiger partial charge is 0.497 e. The van der Waals surface area contributed by atoms with Crippen LogP contribution in [0.5, 0.6) is 11.5 Å². The van der Waals surface area contributed by atoms with Crippen molar-refractivity contribution in [3.8, 4) is 22.6 Å². The normalized spacial score (nSPS) is 16.8. The molecular formula is C42H39ClF7N5O4. The van der Waals surface area contributed by atoms with Crippen LogP contribution in [0.1, 0.15) is 50.3 Å².